The topological polar surface area (TPSA) is 80.8 Å². The van der Waals surface area contributed by atoms with Gasteiger partial charge in [0.05, 0.1) is 0 Å². The number of ether oxygens (including phenoxy) is 1. The summed E-state index contributed by atoms with van der Waals surface area (Å²) in [5.41, 5.74) is 2.91. The van der Waals surface area contributed by atoms with Gasteiger partial charge in [-0.1, -0.05) is 6.07 Å². The molecule has 0 fully saturated rings. The van der Waals surface area contributed by atoms with Crippen LogP contribution in [0.25, 0.3) is 0 Å². The van der Waals surface area contributed by atoms with Crippen LogP contribution in [0.2, 0.25) is 0 Å². The number of amides is 1. The van der Waals surface area contributed by atoms with Crippen molar-refractivity contribution in [2.75, 3.05) is 7.05 Å². The van der Waals surface area contributed by atoms with Crippen LogP contribution in [0.5, 0.6) is 5.75 Å². The molecule has 11 heteroatoms. The highest BCUT2D eigenvalue weighted by Gasteiger charge is 2.50. The van der Waals surface area contributed by atoms with Crippen molar-refractivity contribution in [2.45, 2.75) is 25.3 Å². The number of guanidine groups is 1. The Morgan fingerprint density at radius 1 is 1.17 bits per heavy atom. The quantitative estimate of drug-likeness (QED) is 0.780. The molecule has 0 radical (unpaired) electrons. The second kappa shape index (κ2) is 6.98. The van der Waals surface area contributed by atoms with Gasteiger partial charge in [-0.15, -0.1) is 0 Å². The third-order valence-electron chi connectivity index (χ3n) is 4.52. The Bertz CT molecular complexity index is 992. The molecule has 0 saturated heterocycles. The zero-order valence-corrected chi connectivity index (χ0v) is 15.2. The van der Waals surface area contributed by atoms with Crippen molar-refractivity contribution in [2.24, 2.45) is 10.7 Å². The number of pyridine rings is 1. The third kappa shape index (κ3) is 3.47. The second-order valence-corrected chi connectivity index (χ2v) is 6.33. The number of rotatable bonds is 4. The van der Waals surface area contributed by atoms with Crippen LogP contribution in [0.3, 0.4) is 0 Å². The molecule has 154 valence electrons. The number of hydrogen-bond acceptors (Lipinski definition) is 5. The fourth-order valence-electron chi connectivity index (χ4n) is 3.10. The standard InChI is InChI=1S/C18H15F5N4O2/c1-9-7-10(3-4-12(9)29-15(19)20)17(14(28)27(2)16(24)26-17)11-5-6-25-13(8-11)18(21,22)23/h3-8,15H,1-2H3,(H2,24,26). The SMILES string of the molecule is Cc1cc(C2(c3ccnc(C(F)(F)F)c3)N=C(N)N(C)C2=O)ccc1OC(F)F. The van der Waals surface area contributed by atoms with Crippen molar-refractivity contribution in [3.63, 3.8) is 0 Å². The van der Waals surface area contributed by atoms with Crippen molar-refractivity contribution in [1.82, 2.24) is 9.88 Å². The van der Waals surface area contributed by atoms with E-state index in [1.807, 2.05) is 0 Å². The normalized spacial score (nSPS) is 19.7. The van der Waals surface area contributed by atoms with Gasteiger partial charge in [0.1, 0.15) is 11.4 Å². The Morgan fingerprint density at radius 2 is 1.83 bits per heavy atom. The average Bonchev–Trinajstić information content (AvgIpc) is 2.87. The monoisotopic (exact) mass is 414 g/mol. The lowest BCUT2D eigenvalue weighted by Gasteiger charge is -2.27. The minimum Gasteiger partial charge on any atom is -0.435 e. The number of likely N-dealkylation sites (N-methyl/N-ethyl adjacent to an activating group) is 1. The Balaban J connectivity index is 2.23. The van der Waals surface area contributed by atoms with Crippen LogP contribution in [0.1, 0.15) is 22.4 Å². The van der Waals surface area contributed by atoms with Gasteiger partial charge in [-0.05, 0) is 47.9 Å². The number of carbonyl (C=O) groups excluding carboxylic acids is 1. The smallest absolute Gasteiger partial charge is 0.433 e. The Hall–Kier alpha value is -3.24. The summed E-state index contributed by atoms with van der Waals surface area (Å²) in [6.07, 6.45) is -3.83. The Morgan fingerprint density at radius 3 is 2.34 bits per heavy atom. The predicted octanol–water partition coefficient (Wildman–Crippen LogP) is 3.04. The van der Waals surface area contributed by atoms with Crippen LogP contribution >= 0.6 is 0 Å². The number of alkyl halides is 5. The molecule has 1 atom stereocenters. The van der Waals surface area contributed by atoms with Crippen molar-refractivity contribution in [3.8, 4) is 5.75 Å². The van der Waals surface area contributed by atoms with Crippen LogP contribution in [-0.4, -0.2) is 35.4 Å². The summed E-state index contributed by atoms with van der Waals surface area (Å²) in [4.78, 5) is 21.5. The van der Waals surface area contributed by atoms with E-state index in [9.17, 15) is 26.7 Å². The van der Waals surface area contributed by atoms with Gasteiger partial charge in [0.2, 0.25) is 0 Å². The van der Waals surface area contributed by atoms with E-state index < -0.39 is 29.9 Å². The van der Waals surface area contributed by atoms with Gasteiger partial charge >= 0.3 is 12.8 Å². The molecule has 1 aromatic carbocycles. The fourth-order valence-corrected chi connectivity index (χ4v) is 3.10. The Kier molecular flexibility index (Phi) is 4.93. The molecule has 3 rings (SSSR count). The number of halogens is 5. The molecule has 1 aliphatic heterocycles. The zero-order valence-electron chi connectivity index (χ0n) is 15.2. The van der Waals surface area contributed by atoms with E-state index in [1.54, 1.807) is 0 Å². The molecule has 1 aliphatic rings. The van der Waals surface area contributed by atoms with Crippen molar-refractivity contribution in [3.05, 3.63) is 58.9 Å². The van der Waals surface area contributed by atoms with E-state index in [4.69, 9.17) is 5.73 Å². The van der Waals surface area contributed by atoms with E-state index in [0.29, 0.717) is 6.07 Å². The van der Waals surface area contributed by atoms with Gasteiger partial charge in [-0.2, -0.15) is 22.0 Å². The molecule has 0 aliphatic carbocycles. The van der Waals surface area contributed by atoms with Crippen LogP contribution < -0.4 is 10.5 Å². The van der Waals surface area contributed by atoms with Gasteiger partial charge in [0.15, 0.2) is 11.5 Å². The lowest BCUT2D eigenvalue weighted by molar-refractivity contribution is -0.141. The van der Waals surface area contributed by atoms with Crippen LogP contribution in [-0.2, 0) is 16.5 Å². The largest absolute Gasteiger partial charge is 0.435 e. The molecule has 2 heterocycles. The fraction of sp³-hybridized carbons (Fsp3) is 0.278. The van der Waals surface area contributed by atoms with Crippen LogP contribution in [0, 0.1) is 6.92 Å². The van der Waals surface area contributed by atoms with Crippen LogP contribution in [0.4, 0.5) is 22.0 Å². The summed E-state index contributed by atoms with van der Waals surface area (Å²) in [6, 6.07) is 5.77. The van der Waals surface area contributed by atoms with E-state index in [0.717, 1.165) is 11.1 Å². The summed E-state index contributed by atoms with van der Waals surface area (Å²) in [6.45, 7) is -1.60. The number of carbonyl (C=O) groups is 1. The molecule has 1 unspecified atom stereocenters. The van der Waals surface area contributed by atoms with Crippen molar-refractivity contribution >= 4 is 11.9 Å². The maximum absolute atomic E-state index is 13.2. The zero-order chi connectivity index (χ0) is 21.6. The first-order valence-electron chi connectivity index (χ1n) is 8.20. The summed E-state index contributed by atoms with van der Waals surface area (Å²) >= 11 is 0. The predicted molar refractivity (Wildman–Crippen MR) is 92.2 cm³/mol. The van der Waals surface area contributed by atoms with Gasteiger partial charge in [0.25, 0.3) is 5.91 Å². The average molecular weight is 414 g/mol. The van der Waals surface area contributed by atoms with E-state index >= 15 is 0 Å². The lowest BCUT2D eigenvalue weighted by Crippen LogP contribution is -2.41. The number of aryl methyl sites for hydroxylation is 1. The minimum atomic E-state index is -4.75. The second-order valence-electron chi connectivity index (χ2n) is 6.33. The third-order valence-corrected chi connectivity index (χ3v) is 4.52. The molecule has 1 aromatic heterocycles. The molecular formula is C18H15F5N4O2. The maximum Gasteiger partial charge on any atom is 0.433 e. The van der Waals surface area contributed by atoms with Gasteiger partial charge in [-0.25, -0.2) is 4.99 Å². The summed E-state index contributed by atoms with van der Waals surface area (Å²) < 4.78 is 68.9. The molecule has 29 heavy (non-hydrogen) atoms. The van der Waals surface area contributed by atoms with Crippen LogP contribution in [0.15, 0.2) is 41.5 Å². The molecule has 2 N–H and O–H groups in total. The first-order valence-corrected chi connectivity index (χ1v) is 8.20. The van der Waals surface area contributed by atoms with Crippen molar-refractivity contribution in [1.29, 1.82) is 0 Å². The molecule has 0 spiro atoms. The number of aliphatic imine (C=N–C) groups is 1. The molecule has 2 aromatic rings. The van der Waals surface area contributed by atoms with E-state index in [2.05, 4.69) is 14.7 Å². The summed E-state index contributed by atoms with van der Waals surface area (Å²) in [5, 5.41) is 0. The lowest BCUT2D eigenvalue weighted by atomic mass is 9.82. The number of hydrogen-bond donors (Lipinski definition) is 1. The molecule has 6 nitrogen and oxygen atoms in total. The van der Waals surface area contributed by atoms with Gasteiger partial charge in [-0.3, -0.25) is 14.7 Å². The van der Waals surface area contributed by atoms with Crippen molar-refractivity contribution < 1.29 is 31.5 Å². The highest BCUT2D eigenvalue weighted by Crippen LogP contribution is 2.42. The van der Waals surface area contributed by atoms with E-state index in [-0.39, 0.29) is 28.4 Å². The number of benzene rings is 1. The van der Waals surface area contributed by atoms with Gasteiger partial charge < -0.3 is 10.5 Å². The number of nitrogens with two attached hydrogens (primary N) is 1. The molecule has 0 bridgehead atoms. The first-order chi connectivity index (χ1) is 13.5. The summed E-state index contributed by atoms with van der Waals surface area (Å²) in [7, 11) is 1.33. The number of nitrogens with zero attached hydrogens (tertiary/aromatic N) is 3. The molecule has 0 saturated carbocycles. The maximum atomic E-state index is 13.2. The minimum absolute atomic E-state index is 0.112. The Labute approximate surface area is 161 Å². The summed E-state index contributed by atoms with van der Waals surface area (Å²) in [5.74, 6) is -1.04. The first kappa shape index (κ1) is 20.5. The van der Waals surface area contributed by atoms with E-state index in [1.165, 1.54) is 38.2 Å². The highest BCUT2D eigenvalue weighted by molar-refractivity contribution is 6.08. The number of aromatic nitrogens is 1. The molecular weight excluding hydrogens is 399 g/mol. The highest BCUT2D eigenvalue weighted by atomic mass is 19.4. The van der Waals surface area contributed by atoms with Gasteiger partial charge in [0, 0.05) is 13.2 Å². The molecule has 1 amide bonds.